The van der Waals surface area contributed by atoms with Crippen LogP contribution in [0.25, 0.3) is 0 Å². The van der Waals surface area contributed by atoms with Gasteiger partial charge in [-0.05, 0) is 43.2 Å². The van der Waals surface area contributed by atoms with Gasteiger partial charge in [0.2, 0.25) is 10.0 Å². The average Bonchev–Trinajstić information content (AvgIpc) is 2.93. The molecule has 0 aromatic heterocycles. The highest BCUT2D eigenvalue weighted by molar-refractivity contribution is 7.89. The van der Waals surface area contributed by atoms with Crippen LogP contribution in [0.4, 0.5) is 0 Å². The summed E-state index contributed by atoms with van der Waals surface area (Å²) < 4.78 is 27.0. The third-order valence-corrected chi connectivity index (χ3v) is 6.58. The number of sulfonamides is 1. The van der Waals surface area contributed by atoms with Crippen LogP contribution < -0.4 is 5.73 Å². The van der Waals surface area contributed by atoms with Gasteiger partial charge in [-0.2, -0.15) is 4.31 Å². The Morgan fingerprint density at radius 2 is 1.90 bits per heavy atom. The maximum Gasteiger partial charge on any atom is 0.243 e. The van der Waals surface area contributed by atoms with Gasteiger partial charge in [0.05, 0.1) is 4.90 Å². The highest BCUT2D eigenvalue weighted by atomic mass is 35.5. The van der Waals surface area contributed by atoms with Gasteiger partial charge in [0.25, 0.3) is 0 Å². The highest BCUT2D eigenvalue weighted by Crippen LogP contribution is 2.39. The van der Waals surface area contributed by atoms with Crippen LogP contribution in [0.1, 0.15) is 18.4 Å². The van der Waals surface area contributed by atoms with Gasteiger partial charge in [-0.3, -0.25) is 0 Å². The van der Waals surface area contributed by atoms with Crippen LogP contribution in [0.5, 0.6) is 0 Å². The molecule has 1 saturated carbocycles. The summed E-state index contributed by atoms with van der Waals surface area (Å²) in [7, 11) is -3.36. The quantitative estimate of drug-likeness (QED) is 0.904. The second-order valence-electron chi connectivity index (χ2n) is 5.75. The summed E-state index contributed by atoms with van der Waals surface area (Å²) in [6.07, 6.45) is 2.10. The van der Waals surface area contributed by atoms with Crippen LogP contribution in [0.2, 0.25) is 0 Å². The van der Waals surface area contributed by atoms with Gasteiger partial charge in [-0.15, -0.1) is 12.4 Å². The molecule has 0 amide bonds. The summed E-state index contributed by atoms with van der Waals surface area (Å²) in [6.45, 7) is 3.06. The van der Waals surface area contributed by atoms with Crippen molar-refractivity contribution in [3.8, 4) is 0 Å². The summed E-state index contributed by atoms with van der Waals surface area (Å²) >= 11 is 0. The number of rotatable bonds is 2. The molecule has 2 fully saturated rings. The molecule has 1 saturated heterocycles. The van der Waals surface area contributed by atoms with E-state index in [-0.39, 0.29) is 18.4 Å². The van der Waals surface area contributed by atoms with E-state index >= 15 is 0 Å². The Morgan fingerprint density at radius 3 is 2.55 bits per heavy atom. The minimum atomic E-state index is -3.36. The van der Waals surface area contributed by atoms with Crippen LogP contribution in [-0.4, -0.2) is 31.9 Å². The molecule has 1 aromatic rings. The summed E-state index contributed by atoms with van der Waals surface area (Å²) in [5.74, 6) is 0.799. The van der Waals surface area contributed by atoms with E-state index in [1.807, 2.05) is 19.1 Å². The van der Waals surface area contributed by atoms with Crippen molar-refractivity contribution in [3.05, 3.63) is 29.8 Å². The first-order valence-corrected chi connectivity index (χ1v) is 8.25. The van der Waals surface area contributed by atoms with Crippen LogP contribution in [0, 0.1) is 18.8 Å². The van der Waals surface area contributed by atoms with Crippen LogP contribution in [0.3, 0.4) is 0 Å². The van der Waals surface area contributed by atoms with Crippen molar-refractivity contribution in [1.82, 2.24) is 4.31 Å². The van der Waals surface area contributed by atoms with E-state index in [0.29, 0.717) is 29.8 Å². The van der Waals surface area contributed by atoms with Crippen LogP contribution in [-0.2, 0) is 10.0 Å². The summed E-state index contributed by atoms with van der Waals surface area (Å²) in [4.78, 5) is 0.434. The van der Waals surface area contributed by atoms with Crippen molar-refractivity contribution < 1.29 is 8.42 Å². The molecule has 1 aromatic carbocycles. The molecule has 0 radical (unpaired) electrons. The Bertz CT molecular complexity index is 591. The first kappa shape index (κ1) is 15.8. The van der Waals surface area contributed by atoms with Crippen LogP contribution in [0.15, 0.2) is 29.2 Å². The number of fused-ring (bicyclic) bond motifs is 1. The summed E-state index contributed by atoms with van der Waals surface area (Å²) in [6, 6.07) is 7.35. The Balaban J connectivity index is 0.00000147. The SMILES string of the molecule is Cc1ccccc1S(=O)(=O)N1CC2CCC(N)C2C1.Cl. The largest absolute Gasteiger partial charge is 0.327 e. The third kappa shape index (κ3) is 2.48. The van der Waals surface area contributed by atoms with Crippen molar-refractivity contribution >= 4 is 22.4 Å². The van der Waals surface area contributed by atoms with Crippen molar-refractivity contribution in [2.24, 2.45) is 17.6 Å². The fourth-order valence-electron chi connectivity index (χ4n) is 3.45. The molecular formula is C14H21ClN2O2S. The number of aryl methyl sites for hydroxylation is 1. The molecule has 2 N–H and O–H groups in total. The monoisotopic (exact) mass is 316 g/mol. The Morgan fingerprint density at radius 1 is 1.20 bits per heavy atom. The molecule has 6 heteroatoms. The second kappa shape index (κ2) is 5.64. The number of nitrogens with zero attached hydrogens (tertiary/aromatic N) is 1. The molecule has 4 nitrogen and oxygen atoms in total. The standard InChI is InChI=1S/C14H20N2O2S.ClH/c1-10-4-2-3-5-14(10)19(17,18)16-8-11-6-7-13(15)12(11)9-16;/h2-5,11-13H,6-9,15H2,1H3;1H. The fraction of sp³-hybridized carbons (Fsp3) is 0.571. The molecule has 3 atom stereocenters. The van der Waals surface area contributed by atoms with Crippen molar-refractivity contribution in [1.29, 1.82) is 0 Å². The van der Waals surface area contributed by atoms with E-state index in [1.54, 1.807) is 16.4 Å². The predicted octanol–water partition coefficient (Wildman–Crippen LogP) is 1.77. The normalized spacial score (nSPS) is 30.0. The van der Waals surface area contributed by atoms with E-state index in [9.17, 15) is 8.42 Å². The fourth-order valence-corrected chi connectivity index (χ4v) is 5.21. The molecule has 0 bridgehead atoms. The minimum Gasteiger partial charge on any atom is -0.327 e. The molecule has 1 aliphatic carbocycles. The highest BCUT2D eigenvalue weighted by Gasteiger charge is 2.45. The first-order valence-electron chi connectivity index (χ1n) is 6.81. The van der Waals surface area contributed by atoms with Gasteiger partial charge in [-0.1, -0.05) is 18.2 Å². The number of hydrogen-bond donors (Lipinski definition) is 1. The van der Waals surface area contributed by atoms with Crippen molar-refractivity contribution in [2.75, 3.05) is 13.1 Å². The lowest BCUT2D eigenvalue weighted by Crippen LogP contribution is -2.33. The lowest BCUT2D eigenvalue weighted by Gasteiger charge is -2.19. The lowest BCUT2D eigenvalue weighted by atomic mass is 9.98. The summed E-state index contributed by atoms with van der Waals surface area (Å²) in [5.41, 5.74) is 6.88. The molecule has 20 heavy (non-hydrogen) atoms. The Kier molecular flexibility index (Phi) is 4.44. The Hall–Kier alpha value is -0.620. The molecule has 0 spiro atoms. The molecule has 3 rings (SSSR count). The zero-order valence-electron chi connectivity index (χ0n) is 11.5. The maximum atomic E-state index is 12.7. The smallest absolute Gasteiger partial charge is 0.243 e. The zero-order chi connectivity index (χ0) is 13.6. The van der Waals surface area contributed by atoms with Gasteiger partial charge in [0, 0.05) is 19.1 Å². The zero-order valence-corrected chi connectivity index (χ0v) is 13.2. The second-order valence-corrected chi connectivity index (χ2v) is 7.66. The maximum absolute atomic E-state index is 12.7. The molecule has 1 heterocycles. The molecule has 2 aliphatic rings. The van der Waals surface area contributed by atoms with E-state index < -0.39 is 10.0 Å². The van der Waals surface area contributed by atoms with E-state index in [0.717, 1.165) is 18.4 Å². The van der Waals surface area contributed by atoms with Crippen molar-refractivity contribution in [3.63, 3.8) is 0 Å². The van der Waals surface area contributed by atoms with E-state index in [1.165, 1.54) is 0 Å². The first-order chi connectivity index (χ1) is 9.00. The molecular weight excluding hydrogens is 296 g/mol. The van der Waals surface area contributed by atoms with Gasteiger partial charge in [-0.25, -0.2) is 8.42 Å². The van der Waals surface area contributed by atoms with Gasteiger partial charge in [0.15, 0.2) is 0 Å². The van der Waals surface area contributed by atoms with E-state index in [4.69, 9.17) is 5.73 Å². The third-order valence-electron chi connectivity index (χ3n) is 4.59. The summed E-state index contributed by atoms with van der Waals surface area (Å²) in [5, 5.41) is 0. The van der Waals surface area contributed by atoms with Crippen LogP contribution >= 0.6 is 12.4 Å². The van der Waals surface area contributed by atoms with Gasteiger partial charge in [0.1, 0.15) is 0 Å². The number of nitrogens with two attached hydrogens (primary N) is 1. The number of halogens is 1. The van der Waals surface area contributed by atoms with Gasteiger partial charge < -0.3 is 5.73 Å². The van der Waals surface area contributed by atoms with Crippen molar-refractivity contribution in [2.45, 2.75) is 30.7 Å². The molecule has 3 unspecified atom stereocenters. The topological polar surface area (TPSA) is 63.4 Å². The molecule has 112 valence electrons. The number of hydrogen-bond acceptors (Lipinski definition) is 3. The van der Waals surface area contributed by atoms with Gasteiger partial charge >= 0.3 is 0 Å². The Labute approximate surface area is 126 Å². The average molecular weight is 317 g/mol. The minimum absolute atomic E-state index is 0. The molecule has 1 aliphatic heterocycles. The lowest BCUT2D eigenvalue weighted by molar-refractivity contribution is 0.427. The predicted molar refractivity (Wildman–Crippen MR) is 81.4 cm³/mol. The van der Waals surface area contributed by atoms with E-state index in [2.05, 4.69) is 0 Å². The number of benzene rings is 1.